The fourth-order valence-electron chi connectivity index (χ4n) is 6.70. The molecule has 2 unspecified atom stereocenters. The van der Waals surface area contributed by atoms with Crippen molar-refractivity contribution in [3.63, 3.8) is 0 Å². The molecule has 1 aliphatic heterocycles. The second kappa shape index (κ2) is 15.3. The summed E-state index contributed by atoms with van der Waals surface area (Å²) in [6, 6.07) is 13.6. The molecule has 5 aromatic rings. The normalized spacial score (nSPS) is 16.0. The van der Waals surface area contributed by atoms with Gasteiger partial charge in [0.1, 0.15) is 23.6 Å². The van der Waals surface area contributed by atoms with Crippen LogP contribution in [0.25, 0.3) is 32.9 Å². The summed E-state index contributed by atoms with van der Waals surface area (Å²) in [5.41, 5.74) is 11.7. The number of nitrogens with zero attached hydrogens (tertiary/aromatic N) is 6. The topological polar surface area (TPSA) is 114 Å². The highest BCUT2D eigenvalue weighted by atomic mass is 79.9. The van der Waals surface area contributed by atoms with Gasteiger partial charge < -0.3 is 19.0 Å². The van der Waals surface area contributed by atoms with Crippen molar-refractivity contribution in [3.8, 4) is 35.2 Å². The average molecular weight is 757 g/mol. The Balaban J connectivity index is 1.32. The van der Waals surface area contributed by atoms with Crippen LogP contribution >= 0.6 is 15.9 Å². The van der Waals surface area contributed by atoms with Crippen molar-refractivity contribution in [2.45, 2.75) is 83.9 Å². The molecule has 2 atom stereocenters. The van der Waals surface area contributed by atoms with Crippen LogP contribution in [0.15, 0.2) is 70.6 Å². The number of benzene rings is 3. The number of hydrogen-bond acceptors (Lipinski definition) is 5. The number of unbranched alkanes of at least 4 members (excludes halogenated alkanes) is 1. The molecule has 3 heterocycles. The van der Waals surface area contributed by atoms with Gasteiger partial charge >= 0.3 is 0 Å². The lowest BCUT2D eigenvalue weighted by Gasteiger charge is -2.30. The first-order chi connectivity index (χ1) is 24.5. The molecule has 0 radical (unpaired) electrons. The van der Waals surface area contributed by atoms with Crippen LogP contribution in [-0.2, 0) is 16.7 Å². The molecule has 9 nitrogen and oxygen atoms in total. The highest BCUT2D eigenvalue weighted by molar-refractivity contribution is 9.10. The molecule has 0 aliphatic carbocycles. The van der Waals surface area contributed by atoms with E-state index in [0.29, 0.717) is 23.5 Å². The molecule has 1 N–H and O–H groups in total. The second-order valence-corrected chi connectivity index (χ2v) is 14.8. The molecule has 0 saturated carbocycles. The molecule has 1 saturated heterocycles. The number of H-pyrrole nitrogens is 1. The number of hydrogen-bond donors (Lipinski definition) is 1. The monoisotopic (exact) mass is 755 g/mol. The highest BCUT2D eigenvalue weighted by Gasteiger charge is 2.32. The van der Waals surface area contributed by atoms with Crippen molar-refractivity contribution >= 4 is 27.0 Å². The third-order valence-electron chi connectivity index (χ3n) is 9.79. The summed E-state index contributed by atoms with van der Waals surface area (Å²) >= 11 is 3.62. The maximum absolute atomic E-state index is 15.9. The maximum Gasteiger partial charge on any atom is 0.168 e. The SMILES string of the molecule is C#CC(C)(C)CCCCC(C)(c1cccc(Br)c1)c1cnc(-c2cc(Oc3c(F)cc4c(ncn4C4CCCCO4)c3CN=[N+]=[N-])ccc2F)[nH]1. The Morgan fingerprint density at radius 3 is 2.69 bits per heavy atom. The van der Waals surface area contributed by atoms with Crippen LogP contribution in [0, 0.1) is 29.4 Å². The van der Waals surface area contributed by atoms with E-state index in [1.54, 1.807) is 17.1 Å². The molecule has 0 bridgehead atoms. The summed E-state index contributed by atoms with van der Waals surface area (Å²) in [5, 5.41) is 3.70. The standard InChI is InChI=1S/C39H40BrF2N7O2/c1-5-38(2,3)16-7-8-17-39(4,25-11-10-12-26(40)19-25)33-23-44-37(47-33)28-20-27(14-15-30(28)41)51-36-29(22-46-48-43)35-32(21-31(36)42)49(24-45-35)34-13-6-9-18-50-34/h1,10-12,14-15,19-21,23-24,34H,6-9,13,16-18,22H2,2-4H3,(H,44,47). The lowest BCUT2D eigenvalue weighted by molar-refractivity contribution is -0.0295. The summed E-state index contributed by atoms with van der Waals surface area (Å²) < 4.78 is 46.2. The maximum atomic E-state index is 15.9. The minimum absolute atomic E-state index is 0.155. The van der Waals surface area contributed by atoms with Gasteiger partial charge in [0, 0.05) is 50.3 Å². The van der Waals surface area contributed by atoms with Crippen LogP contribution in [-0.4, -0.2) is 26.1 Å². The largest absolute Gasteiger partial charge is 0.454 e. The van der Waals surface area contributed by atoms with Crippen molar-refractivity contribution in [3.05, 3.63) is 104 Å². The van der Waals surface area contributed by atoms with Crippen molar-refractivity contribution in [1.29, 1.82) is 0 Å². The van der Waals surface area contributed by atoms with E-state index in [9.17, 15) is 0 Å². The van der Waals surface area contributed by atoms with E-state index in [-0.39, 0.29) is 40.8 Å². The number of aromatic nitrogens is 4. The van der Waals surface area contributed by atoms with Crippen molar-refractivity contribution in [2.75, 3.05) is 6.61 Å². The molecule has 0 amide bonds. The van der Waals surface area contributed by atoms with E-state index >= 15 is 8.78 Å². The van der Waals surface area contributed by atoms with Gasteiger partial charge in [-0.3, -0.25) is 0 Å². The molecule has 3 aromatic carbocycles. The van der Waals surface area contributed by atoms with Crippen molar-refractivity contribution < 1.29 is 18.3 Å². The zero-order valence-corrected chi connectivity index (χ0v) is 30.5. The predicted octanol–water partition coefficient (Wildman–Crippen LogP) is 11.3. The first-order valence-corrected chi connectivity index (χ1v) is 17.9. The number of azide groups is 1. The molecule has 6 rings (SSSR count). The smallest absolute Gasteiger partial charge is 0.168 e. The van der Waals surface area contributed by atoms with Crippen LogP contribution in [0.5, 0.6) is 11.5 Å². The highest BCUT2D eigenvalue weighted by Crippen LogP contribution is 2.41. The van der Waals surface area contributed by atoms with Crippen LogP contribution in [0.3, 0.4) is 0 Å². The van der Waals surface area contributed by atoms with Gasteiger partial charge in [-0.25, -0.2) is 18.7 Å². The van der Waals surface area contributed by atoms with Crippen LogP contribution in [0.2, 0.25) is 0 Å². The van der Waals surface area contributed by atoms with Gasteiger partial charge in [0.25, 0.3) is 0 Å². The third-order valence-corrected chi connectivity index (χ3v) is 10.3. The number of nitrogens with one attached hydrogen (secondary N) is 1. The summed E-state index contributed by atoms with van der Waals surface area (Å²) in [7, 11) is 0. The van der Waals surface area contributed by atoms with Gasteiger partial charge in [-0.1, -0.05) is 46.0 Å². The Hall–Kier alpha value is -4.69. The number of fused-ring (bicyclic) bond motifs is 1. The van der Waals surface area contributed by atoms with Crippen LogP contribution < -0.4 is 4.74 Å². The Morgan fingerprint density at radius 2 is 1.94 bits per heavy atom. The molecular formula is C39H40BrF2N7O2. The number of imidazole rings is 2. The van der Waals surface area contributed by atoms with Gasteiger partial charge in [-0.05, 0) is 94.3 Å². The predicted molar refractivity (Wildman–Crippen MR) is 197 cm³/mol. The zero-order chi connectivity index (χ0) is 36.2. The molecule has 1 aliphatic rings. The Kier molecular flexibility index (Phi) is 10.8. The number of rotatable bonds is 13. The van der Waals surface area contributed by atoms with Gasteiger partial charge in [-0.2, -0.15) is 0 Å². The zero-order valence-electron chi connectivity index (χ0n) is 28.9. The minimum Gasteiger partial charge on any atom is -0.454 e. The van der Waals surface area contributed by atoms with Crippen LogP contribution in [0.1, 0.15) is 88.8 Å². The minimum atomic E-state index is -0.676. The Bertz CT molecular complexity index is 2130. The van der Waals surface area contributed by atoms with E-state index in [0.717, 1.165) is 60.7 Å². The summed E-state index contributed by atoms with van der Waals surface area (Å²) in [4.78, 5) is 15.4. The van der Waals surface area contributed by atoms with Crippen molar-refractivity contribution in [1.82, 2.24) is 19.5 Å². The molecule has 0 spiro atoms. The molecule has 1 fully saturated rings. The summed E-state index contributed by atoms with van der Waals surface area (Å²) in [5.74, 6) is 1.99. The fourth-order valence-corrected chi connectivity index (χ4v) is 7.10. The number of ether oxygens (including phenoxy) is 2. The number of aromatic amines is 1. The van der Waals surface area contributed by atoms with Gasteiger partial charge in [0.2, 0.25) is 0 Å². The van der Waals surface area contributed by atoms with E-state index in [1.807, 2.05) is 12.1 Å². The van der Waals surface area contributed by atoms with Gasteiger partial charge in [0.05, 0.1) is 29.5 Å². The fraction of sp³-hybridized carbons (Fsp3) is 0.385. The summed E-state index contributed by atoms with van der Waals surface area (Å²) in [6.45, 7) is 6.71. The molecular weight excluding hydrogens is 716 g/mol. The van der Waals surface area contributed by atoms with E-state index in [2.05, 4.69) is 79.7 Å². The first-order valence-electron chi connectivity index (χ1n) is 17.1. The molecule has 12 heteroatoms. The van der Waals surface area contributed by atoms with Gasteiger partial charge in [0.15, 0.2) is 11.6 Å². The van der Waals surface area contributed by atoms with Gasteiger partial charge in [-0.15, -0.1) is 12.3 Å². The van der Waals surface area contributed by atoms with E-state index in [1.165, 1.54) is 24.3 Å². The first kappa shape index (κ1) is 36.1. The van der Waals surface area contributed by atoms with E-state index < -0.39 is 17.0 Å². The average Bonchev–Trinajstić information content (AvgIpc) is 3.79. The van der Waals surface area contributed by atoms with Crippen LogP contribution in [0.4, 0.5) is 8.78 Å². The van der Waals surface area contributed by atoms with Crippen molar-refractivity contribution in [2.24, 2.45) is 10.5 Å². The number of halogens is 3. The Morgan fingerprint density at radius 1 is 1.12 bits per heavy atom. The Labute approximate surface area is 304 Å². The molecule has 2 aromatic heterocycles. The quantitative estimate of drug-likeness (QED) is 0.0423. The number of terminal acetylenes is 1. The molecule has 264 valence electrons. The lowest BCUT2D eigenvalue weighted by atomic mass is 9.75. The summed E-state index contributed by atoms with van der Waals surface area (Å²) in [6.07, 6.45) is 15.1. The van der Waals surface area contributed by atoms with E-state index in [4.69, 9.17) is 21.4 Å². The third kappa shape index (κ3) is 7.81. The molecule has 51 heavy (non-hydrogen) atoms. The second-order valence-electron chi connectivity index (χ2n) is 13.9. The lowest BCUT2D eigenvalue weighted by Crippen LogP contribution is -2.24.